The summed E-state index contributed by atoms with van der Waals surface area (Å²) in [6.45, 7) is 2.54. The van der Waals surface area contributed by atoms with Crippen LogP contribution in [0.5, 0.6) is 5.75 Å². The molecule has 0 saturated heterocycles. The molecular weight excluding hydrogens is 352 g/mol. The van der Waals surface area contributed by atoms with Crippen LogP contribution < -0.4 is 4.74 Å². The van der Waals surface area contributed by atoms with Crippen molar-refractivity contribution < 1.29 is 19.7 Å². The fourth-order valence-electron chi connectivity index (χ4n) is 2.37. The summed E-state index contributed by atoms with van der Waals surface area (Å²) in [7, 11) is 0. The second kappa shape index (κ2) is 15.5. The Labute approximate surface area is 168 Å². The van der Waals surface area contributed by atoms with E-state index >= 15 is 0 Å². The Kier molecular flexibility index (Phi) is 13.0. The summed E-state index contributed by atoms with van der Waals surface area (Å²) < 4.78 is 5.61. The fraction of sp³-hybridized carbons (Fsp3) is 0.375. The van der Waals surface area contributed by atoms with Gasteiger partial charge in [0.15, 0.2) is 0 Å². The topological polar surface area (TPSA) is 66.8 Å². The number of benzene rings is 1. The van der Waals surface area contributed by atoms with Gasteiger partial charge in [0.2, 0.25) is 0 Å². The van der Waals surface area contributed by atoms with E-state index in [1.54, 1.807) is 6.08 Å². The number of rotatable bonds is 14. The Hall–Kier alpha value is -2.59. The molecule has 0 bridgehead atoms. The van der Waals surface area contributed by atoms with E-state index in [1.165, 1.54) is 0 Å². The zero-order valence-corrected chi connectivity index (χ0v) is 16.7. The fourth-order valence-corrected chi connectivity index (χ4v) is 2.37. The lowest BCUT2D eigenvalue weighted by Gasteiger charge is -2.09. The van der Waals surface area contributed by atoms with E-state index in [0.29, 0.717) is 25.2 Å². The lowest BCUT2D eigenvalue weighted by Crippen LogP contribution is -2.09. The second-order valence-corrected chi connectivity index (χ2v) is 6.40. The Morgan fingerprint density at radius 3 is 2.46 bits per heavy atom. The van der Waals surface area contributed by atoms with Crippen LogP contribution in [0.4, 0.5) is 0 Å². The first-order chi connectivity index (χ1) is 13.6. The molecule has 0 aromatic heterocycles. The summed E-state index contributed by atoms with van der Waals surface area (Å²) in [6.07, 6.45) is 19.7. The van der Waals surface area contributed by atoms with E-state index in [-0.39, 0.29) is 6.42 Å². The average molecular weight is 385 g/mol. The molecule has 4 nitrogen and oxygen atoms in total. The molecule has 0 saturated carbocycles. The van der Waals surface area contributed by atoms with E-state index in [1.807, 2.05) is 48.6 Å². The maximum absolute atomic E-state index is 10.6. The standard InChI is InChI=1S/C24H32O4/c1-2-3-4-5-6-7-8-9-10-11-12-22(25)19-20-28-23-16-13-21(14-17-23)15-18-24(26)27/h3-4,7-14,16-17,22,25H,2,5-6,15,18-20H2,1H3,(H,26,27)/b4-3-,8-7+,10-9-,12-11+/t22-/m1/s1. The average Bonchev–Trinajstić information content (AvgIpc) is 2.68. The minimum atomic E-state index is -0.798. The molecule has 1 aromatic rings. The number of ether oxygens (including phenoxy) is 1. The SMILES string of the molecule is CC/C=C\CC/C=C/C=C\C=C\[C@@H](O)CCOc1ccc(CCC(=O)O)cc1. The van der Waals surface area contributed by atoms with Crippen molar-refractivity contribution in [3.05, 3.63) is 78.4 Å². The number of carboxylic acid groups (broad SMARTS) is 1. The predicted molar refractivity (Wildman–Crippen MR) is 115 cm³/mol. The van der Waals surface area contributed by atoms with Gasteiger partial charge in [0.1, 0.15) is 5.75 Å². The molecule has 0 unspecified atom stereocenters. The zero-order valence-electron chi connectivity index (χ0n) is 16.7. The van der Waals surface area contributed by atoms with E-state index in [2.05, 4.69) is 25.2 Å². The van der Waals surface area contributed by atoms with Gasteiger partial charge in [0, 0.05) is 12.8 Å². The molecule has 0 fully saturated rings. The molecule has 0 amide bonds. The van der Waals surface area contributed by atoms with Gasteiger partial charge in [-0.1, -0.05) is 67.7 Å². The van der Waals surface area contributed by atoms with Gasteiger partial charge in [-0.3, -0.25) is 4.79 Å². The Balaban J connectivity index is 2.18. The van der Waals surface area contributed by atoms with Crippen LogP contribution in [0.1, 0.15) is 44.6 Å². The summed E-state index contributed by atoms with van der Waals surface area (Å²) in [5, 5.41) is 18.6. The van der Waals surface area contributed by atoms with Crippen molar-refractivity contribution >= 4 is 5.97 Å². The molecule has 0 aliphatic heterocycles. The van der Waals surface area contributed by atoms with Crippen molar-refractivity contribution in [1.82, 2.24) is 0 Å². The van der Waals surface area contributed by atoms with E-state index < -0.39 is 12.1 Å². The maximum atomic E-state index is 10.6. The lowest BCUT2D eigenvalue weighted by atomic mass is 10.1. The highest BCUT2D eigenvalue weighted by Gasteiger charge is 2.02. The third-order valence-electron chi connectivity index (χ3n) is 3.94. The highest BCUT2D eigenvalue weighted by molar-refractivity contribution is 5.67. The molecule has 1 atom stereocenters. The third kappa shape index (κ3) is 12.7. The first-order valence-electron chi connectivity index (χ1n) is 9.88. The molecule has 1 aromatic carbocycles. The van der Waals surface area contributed by atoms with Gasteiger partial charge >= 0.3 is 5.97 Å². The quantitative estimate of drug-likeness (QED) is 0.261. The van der Waals surface area contributed by atoms with E-state index in [0.717, 1.165) is 24.8 Å². The Morgan fingerprint density at radius 2 is 1.75 bits per heavy atom. The smallest absolute Gasteiger partial charge is 0.303 e. The highest BCUT2D eigenvalue weighted by Crippen LogP contribution is 2.14. The molecule has 0 spiro atoms. The molecular formula is C24H32O4. The van der Waals surface area contributed by atoms with E-state index in [9.17, 15) is 9.90 Å². The molecule has 28 heavy (non-hydrogen) atoms. The van der Waals surface area contributed by atoms with Gasteiger partial charge in [-0.15, -0.1) is 0 Å². The Morgan fingerprint density at radius 1 is 1.04 bits per heavy atom. The van der Waals surface area contributed by atoms with Crippen LogP contribution in [-0.4, -0.2) is 28.9 Å². The highest BCUT2D eigenvalue weighted by atomic mass is 16.5. The van der Waals surface area contributed by atoms with Crippen molar-refractivity contribution in [1.29, 1.82) is 0 Å². The van der Waals surface area contributed by atoms with Crippen molar-refractivity contribution in [2.24, 2.45) is 0 Å². The van der Waals surface area contributed by atoms with Gasteiger partial charge in [0.05, 0.1) is 12.7 Å². The van der Waals surface area contributed by atoms with Gasteiger partial charge in [-0.2, -0.15) is 0 Å². The van der Waals surface area contributed by atoms with E-state index in [4.69, 9.17) is 9.84 Å². The molecule has 0 aliphatic carbocycles. The summed E-state index contributed by atoms with van der Waals surface area (Å²) in [6, 6.07) is 7.39. The molecule has 0 aliphatic rings. The zero-order chi connectivity index (χ0) is 20.5. The number of unbranched alkanes of at least 4 members (excludes halogenated alkanes) is 1. The maximum Gasteiger partial charge on any atom is 0.303 e. The predicted octanol–water partition coefficient (Wildman–Crippen LogP) is 5.25. The lowest BCUT2D eigenvalue weighted by molar-refractivity contribution is -0.136. The van der Waals surface area contributed by atoms with Crippen LogP contribution in [0.3, 0.4) is 0 Å². The number of hydrogen-bond donors (Lipinski definition) is 2. The van der Waals surface area contributed by atoms with Crippen LogP contribution >= 0.6 is 0 Å². The van der Waals surface area contributed by atoms with Gasteiger partial charge < -0.3 is 14.9 Å². The largest absolute Gasteiger partial charge is 0.493 e. The van der Waals surface area contributed by atoms with Crippen LogP contribution in [0, 0.1) is 0 Å². The normalized spacial score (nSPS) is 13.2. The minimum Gasteiger partial charge on any atom is -0.493 e. The summed E-state index contributed by atoms with van der Waals surface area (Å²) in [5.41, 5.74) is 0.968. The Bertz CT molecular complexity index is 654. The number of aliphatic hydroxyl groups is 1. The number of aliphatic carboxylic acids is 1. The summed E-state index contributed by atoms with van der Waals surface area (Å²) in [5.74, 6) is -0.0814. The van der Waals surface area contributed by atoms with Gasteiger partial charge in [-0.05, 0) is 43.4 Å². The second-order valence-electron chi connectivity index (χ2n) is 6.40. The van der Waals surface area contributed by atoms with Crippen LogP contribution in [0.15, 0.2) is 72.9 Å². The number of hydrogen-bond acceptors (Lipinski definition) is 3. The van der Waals surface area contributed by atoms with Crippen LogP contribution in [0.25, 0.3) is 0 Å². The minimum absolute atomic E-state index is 0.124. The van der Waals surface area contributed by atoms with Crippen molar-refractivity contribution in [3.63, 3.8) is 0 Å². The first-order valence-corrected chi connectivity index (χ1v) is 9.88. The first kappa shape index (κ1) is 23.4. The molecule has 2 N–H and O–H groups in total. The summed E-state index contributed by atoms with van der Waals surface area (Å²) in [4.78, 5) is 10.6. The number of aliphatic hydroxyl groups excluding tert-OH is 1. The number of aryl methyl sites for hydroxylation is 1. The van der Waals surface area contributed by atoms with Crippen molar-refractivity contribution in [2.45, 2.75) is 51.6 Å². The van der Waals surface area contributed by atoms with Gasteiger partial charge in [-0.25, -0.2) is 0 Å². The van der Waals surface area contributed by atoms with Crippen LogP contribution in [0.2, 0.25) is 0 Å². The van der Waals surface area contributed by atoms with Crippen LogP contribution in [-0.2, 0) is 11.2 Å². The molecule has 0 radical (unpaired) electrons. The van der Waals surface area contributed by atoms with Crippen molar-refractivity contribution in [3.8, 4) is 5.75 Å². The number of allylic oxidation sites excluding steroid dienone is 7. The van der Waals surface area contributed by atoms with Gasteiger partial charge in [0.25, 0.3) is 0 Å². The molecule has 4 heteroatoms. The third-order valence-corrected chi connectivity index (χ3v) is 3.94. The molecule has 0 heterocycles. The summed E-state index contributed by atoms with van der Waals surface area (Å²) >= 11 is 0. The number of carbonyl (C=O) groups is 1. The monoisotopic (exact) mass is 384 g/mol. The molecule has 1 rings (SSSR count). The van der Waals surface area contributed by atoms with Crippen molar-refractivity contribution in [2.75, 3.05) is 6.61 Å². The molecule has 152 valence electrons. The number of carboxylic acids is 1.